The summed E-state index contributed by atoms with van der Waals surface area (Å²) < 4.78 is 4.20. The fraction of sp³-hybridized carbons (Fsp3) is 0.600. The second-order valence-electron chi connectivity index (χ2n) is 1.94. The van der Waals surface area contributed by atoms with Gasteiger partial charge < -0.3 is 10.5 Å². The van der Waals surface area contributed by atoms with E-state index in [0.717, 1.165) is 0 Å². The van der Waals surface area contributed by atoms with E-state index in [1.807, 2.05) is 0 Å². The molecule has 1 rings (SSSR count). The van der Waals surface area contributed by atoms with Crippen LogP contribution in [0.3, 0.4) is 0 Å². The van der Waals surface area contributed by atoms with Gasteiger partial charge in [-0.3, -0.25) is 4.79 Å². The lowest BCUT2D eigenvalue weighted by Gasteiger charge is -2.14. The molecule has 0 saturated carbocycles. The Labute approximate surface area is 52.0 Å². The van der Waals surface area contributed by atoms with Crippen molar-refractivity contribution in [3.63, 3.8) is 0 Å². The topological polar surface area (TPSA) is 69.4 Å². The molecule has 0 bridgehead atoms. The number of esters is 2. The van der Waals surface area contributed by atoms with Crippen LogP contribution in [0.2, 0.25) is 0 Å². The maximum absolute atomic E-state index is 10.4. The first-order valence-corrected chi connectivity index (χ1v) is 2.70. The monoisotopic (exact) mass is 129 g/mol. The Morgan fingerprint density at radius 1 is 1.56 bits per heavy atom. The number of cyclic esters (lactones) is 2. The van der Waals surface area contributed by atoms with Crippen molar-refractivity contribution in [2.45, 2.75) is 18.9 Å². The van der Waals surface area contributed by atoms with Crippen molar-refractivity contribution in [1.82, 2.24) is 0 Å². The zero-order valence-electron chi connectivity index (χ0n) is 4.79. The molecule has 0 radical (unpaired) electrons. The Hall–Kier alpha value is -0.900. The number of hydrogen-bond acceptors (Lipinski definition) is 4. The van der Waals surface area contributed by atoms with Crippen LogP contribution in [0.25, 0.3) is 0 Å². The summed E-state index contributed by atoms with van der Waals surface area (Å²) in [7, 11) is 0. The summed E-state index contributed by atoms with van der Waals surface area (Å²) in [6.45, 7) is 0. The normalized spacial score (nSPS) is 27.9. The summed E-state index contributed by atoms with van der Waals surface area (Å²) in [5.41, 5.74) is 5.21. The number of ether oxygens (including phenoxy) is 1. The zero-order chi connectivity index (χ0) is 6.85. The quantitative estimate of drug-likeness (QED) is 0.342. The van der Waals surface area contributed by atoms with Crippen molar-refractivity contribution in [2.24, 2.45) is 5.73 Å². The standard InChI is InChI=1S/C5H7NO3/c6-3-1-2-4(7)9-5(3)8/h3H,1-2,6H2/t3-/m1/s1. The van der Waals surface area contributed by atoms with Crippen LogP contribution in [0.15, 0.2) is 0 Å². The van der Waals surface area contributed by atoms with E-state index in [2.05, 4.69) is 4.74 Å². The van der Waals surface area contributed by atoms with E-state index in [-0.39, 0.29) is 6.42 Å². The molecule has 1 fully saturated rings. The van der Waals surface area contributed by atoms with Crippen molar-refractivity contribution in [2.75, 3.05) is 0 Å². The predicted octanol–water partition coefficient (Wildman–Crippen LogP) is -0.823. The van der Waals surface area contributed by atoms with Gasteiger partial charge in [0.2, 0.25) is 0 Å². The summed E-state index contributed by atoms with van der Waals surface area (Å²) in [6, 6.07) is -0.595. The Kier molecular flexibility index (Phi) is 1.48. The van der Waals surface area contributed by atoms with Gasteiger partial charge in [0.15, 0.2) is 0 Å². The fourth-order valence-electron chi connectivity index (χ4n) is 0.630. The Balaban J connectivity index is 2.54. The highest BCUT2D eigenvalue weighted by atomic mass is 16.6. The molecule has 9 heavy (non-hydrogen) atoms. The molecular formula is C5H7NO3. The molecule has 4 heteroatoms. The van der Waals surface area contributed by atoms with Crippen molar-refractivity contribution in [3.05, 3.63) is 0 Å². The molecule has 2 N–H and O–H groups in total. The second-order valence-corrected chi connectivity index (χ2v) is 1.94. The van der Waals surface area contributed by atoms with Gasteiger partial charge >= 0.3 is 11.9 Å². The lowest BCUT2D eigenvalue weighted by molar-refractivity contribution is -0.164. The van der Waals surface area contributed by atoms with Gasteiger partial charge in [0, 0.05) is 6.42 Å². The van der Waals surface area contributed by atoms with E-state index in [9.17, 15) is 9.59 Å². The molecule has 0 aliphatic carbocycles. The van der Waals surface area contributed by atoms with Crippen LogP contribution in [0, 0.1) is 0 Å². The summed E-state index contributed by atoms with van der Waals surface area (Å²) in [5, 5.41) is 0. The van der Waals surface area contributed by atoms with Crippen molar-refractivity contribution in [3.8, 4) is 0 Å². The van der Waals surface area contributed by atoms with E-state index in [1.165, 1.54) is 0 Å². The van der Waals surface area contributed by atoms with Crippen LogP contribution in [0.5, 0.6) is 0 Å². The van der Waals surface area contributed by atoms with Gasteiger partial charge in [0.05, 0.1) is 0 Å². The fourth-order valence-corrected chi connectivity index (χ4v) is 0.630. The predicted molar refractivity (Wildman–Crippen MR) is 28.3 cm³/mol. The van der Waals surface area contributed by atoms with E-state index >= 15 is 0 Å². The Bertz CT molecular complexity index is 154. The molecule has 1 saturated heterocycles. The maximum atomic E-state index is 10.4. The highest BCUT2D eigenvalue weighted by Crippen LogP contribution is 2.05. The van der Waals surface area contributed by atoms with E-state index < -0.39 is 18.0 Å². The van der Waals surface area contributed by atoms with Crippen LogP contribution in [0.4, 0.5) is 0 Å². The van der Waals surface area contributed by atoms with Crippen molar-refractivity contribution in [1.29, 1.82) is 0 Å². The van der Waals surface area contributed by atoms with Crippen molar-refractivity contribution >= 4 is 11.9 Å². The van der Waals surface area contributed by atoms with Crippen molar-refractivity contribution < 1.29 is 14.3 Å². The molecular weight excluding hydrogens is 122 g/mol. The molecule has 1 aliphatic rings. The second kappa shape index (κ2) is 2.14. The average Bonchev–Trinajstić information content (AvgIpc) is 1.80. The Morgan fingerprint density at radius 3 is 2.67 bits per heavy atom. The molecule has 4 nitrogen and oxygen atoms in total. The van der Waals surface area contributed by atoms with Gasteiger partial charge in [-0.2, -0.15) is 0 Å². The smallest absolute Gasteiger partial charge is 0.330 e. The molecule has 1 heterocycles. The maximum Gasteiger partial charge on any atom is 0.330 e. The van der Waals surface area contributed by atoms with Crippen LogP contribution in [-0.2, 0) is 14.3 Å². The van der Waals surface area contributed by atoms with Gasteiger partial charge in [0.25, 0.3) is 0 Å². The first-order chi connectivity index (χ1) is 4.20. The lowest BCUT2D eigenvalue weighted by atomic mass is 10.1. The first-order valence-electron chi connectivity index (χ1n) is 2.70. The number of hydrogen-bond donors (Lipinski definition) is 1. The van der Waals surface area contributed by atoms with Crippen LogP contribution >= 0.6 is 0 Å². The number of carbonyl (C=O) groups excluding carboxylic acids is 2. The molecule has 0 aromatic rings. The lowest BCUT2D eigenvalue weighted by Crippen LogP contribution is -2.38. The third kappa shape index (κ3) is 1.26. The zero-order valence-corrected chi connectivity index (χ0v) is 4.79. The van der Waals surface area contributed by atoms with Crippen LogP contribution < -0.4 is 5.73 Å². The van der Waals surface area contributed by atoms with E-state index in [4.69, 9.17) is 5.73 Å². The summed E-state index contributed by atoms with van der Waals surface area (Å²) in [6.07, 6.45) is 0.671. The van der Waals surface area contributed by atoms with Gasteiger partial charge in [0.1, 0.15) is 6.04 Å². The molecule has 0 spiro atoms. The van der Waals surface area contributed by atoms with Gasteiger partial charge in [-0.1, -0.05) is 0 Å². The third-order valence-corrected chi connectivity index (χ3v) is 1.18. The van der Waals surface area contributed by atoms with E-state index in [0.29, 0.717) is 6.42 Å². The highest BCUT2D eigenvalue weighted by molar-refractivity contribution is 5.91. The SMILES string of the molecule is N[C@@H]1CCC(=O)OC1=O. The molecule has 0 unspecified atom stereocenters. The summed E-state index contributed by atoms with van der Waals surface area (Å²) >= 11 is 0. The van der Waals surface area contributed by atoms with Gasteiger partial charge in [-0.05, 0) is 6.42 Å². The summed E-state index contributed by atoms with van der Waals surface area (Å²) in [5.74, 6) is -1.08. The van der Waals surface area contributed by atoms with Crippen LogP contribution in [0.1, 0.15) is 12.8 Å². The molecule has 1 aliphatic heterocycles. The largest absolute Gasteiger partial charge is 0.392 e. The summed E-state index contributed by atoms with van der Waals surface area (Å²) in [4.78, 5) is 20.8. The van der Waals surface area contributed by atoms with Gasteiger partial charge in [-0.15, -0.1) is 0 Å². The Morgan fingerprint density at radius 2 is 2.22 bits per heavy atom. The minimum absolute atomic E-state index is 0.257. The number of nitrogens with two attached hydrogens (primary N) is 1. The minimum atomic E-state index is -0.605. The molecule has 0 amide bonds. The molecule has 0 aromatic heterocycles. The minimum Gasteiger partial charge on any atom is -0.392 e. The molecule has 50 valence electrons. The molecule has 1 atom stereocenters. The van der Waals surface area contributed by atoms with E-state index in [1.54, 1.807) is 0 Å². The average molecular weight is 129 g/mol. The number of carbonyl (C=O) groups is 2. The first kappa shape index (κ1) is 6.22. The van der Waals surface area contributed by atoms with Crippen LogP contribution in [-0.4, -0.2) is 18.0 Å². The third-order valence-electron chi connectivity index (χ3n) is 1.18. The molecule has 0 aromatic carbocycles. The number of rotatable bonds is 0. The van der Waals surface area contributed by atoms with Gasteiger partial charge in [-0.25, -0.2) is 4.79 Å². The highest BCUT2D eigenvalue weighted by Gasteiger charge is 2.24.